The molecule has 1 aromatic carbocycles. The number of aromatic nitrogens is 2. The van der Waals surface area contributed by atoms with E-state index in [1.165, 1.54) is 5.56 Å². The number of carbonyl (C=O) groups excluding carboxylic acids is 1. The summed E-state index contributed by atoms with van der Waals surface area (Å²) in [6.07, 6.45) is 4.26. The standard InChI is InChI=1S/C16H21N3O2/c1-2-21-16(20)8-9-17-10-15-11-18-19(13-15)12-14-6-4-3-5-7-14/h3-7,11,13,17H,2,8-10,12H2,1H3. The quantitative estimate of drug-likeness (QED) is 0.596. The molecule has 0 atom stereocenters. The summed E-state index contributed by atoms with van der Waals surface area (Å²) < 4.78 is 6.78. The Morgan fingerprint density at radius 1 is 1.29 bits per heavy atom. The van der Waals surface area contributed by atoms with Crippen LogP contribution in [0, 0.1) is 0 Å². The lowest BCUT2D eigenvalue weighted by molar-refractivity contribution is -0.142. The molecule has 0 aliphatic rings. The Labute approximate surface area is 124 Å². The highest BCUT2D eigenvalue weighted by atomic mass is 16.5. The van der Waals surface area contributed by atoms with Crippen molar-refractivity contribution in [3.8, 4) is 0 Å². The predicted molar refractivity (Wildman–Crippen MR) is 80.7 cm³/mol. The third-order valence-corrected chi connectivity index (χ3v) is 3.01. The Bertz CT molecular complexity index is 552. The Balaban J connectivity index is 1.72. The third kappa shape index (κ3) is 5.39. The minimum Gasteiger partial charge on any atom is -0.466 e. The fraction of sp³-hybridized carbons (Fsp3) is 0.375. The average molecular weight is 287 g/mol. The van der Waals surface area contributed by atoms with Gasteiger partial charge in [-0.2, -0.15) is 5.10 Å². The molecule has 2 aromatic rings. The van der Waals surface area contributed by atoms with E-state index < -0.39 is 0 Å². The first-order valence-corrected chi connectivity index (χ1v) is 7.19. The van der Waals surface area contributed by atoms with Gasteiger partial charge in [0, 0.05) is 24.8 Å². The van der Waals surface area contributed by atoms with Crippen LogP contribution in [-0.2, 0) is 22.6 Å². The number of nitrogens with one attached hydrogen (secondary N) is 1. The van der Waals surface area contributed by atoms with Crippen LogP contribution in [-0.4, -0.2) is 28.9 Å². The summed E-state index contributed by atoms with van der Waals surface area (Å²) in [6.45, 7) is 4.33. The van der Waals surface area contributed by atoms with Gasteiger partial charge in [-0.3, -0.25) is 9.48 Å². The number of ether oxygens (including phenoxy) is 1. The Kier molecular flexibility index (Phi) is 5.97. The molecule has 21 heavy (non-hydrogen) atoms. The van der Waals surface area contributed by atoms with Crippen LogP contribution in [0.15, 0.2) is 42.7 Å². The molecular formula is C16H21N3O2. The monoisotopic (exact) mass is 287 g/mol. The highest BCUT2D eigenvalue weighted by molar-refractivity contribution is 5.69. The van der Waals surface area contributed by atoms with Crippen LogP contribution in [0.5, 0.6) is 0 Å². The van der Waals surface area contributed by atoms with Crippen molar-refractivity contribution in [2.75, 3.05) is 13.2 Å². The number of esters is 1. The summed E-state index contributed by atoms with van der Waals surface area (Å²) in [7, 11) is 0. The molecule has 2 rings (SSSR count). The first-order valence-electron chi connectivity index (χ1n) is 7.19. The van der Waals surface area contributed by atoms with Crippen molar-refractivity contribution in [2.45, 2.75) is 26.4 Å². The maximum absolute atomic E-state index is 11.2. The summed E-state index contributed by atoms with van der Waals surface area (Å²) in [4.78, 5) is 11.2. The third-order valence-electron chi connectivity index (χ3n) is 3.01. The molecule has 0 spiro atoms. The molecule has 0 saturated heterocycles. The van der Waals surface area contributed by atoms with Gasteiger partial charge in [-0.05, 0) is 12.5 Å². The van der Waals surface area contributed by atoms with E-state index in [1.807, 2.05) is 42.2 Å². The highest BCUT2D eigenvalue weighted by Gasteiger charge is 2.02. The van der Waals surface area contributed by atoms with Gasteiger partial charge < -0.3 is 10.1 Å². The molecule has 0 saturated carbocycles. The number of nitrogens with zero attached hydrogens (tertiary/aromatic N) is 2. The molecule has 5 nitrogen and oxygen atoms in total. The van der Waals surface area contributed by atoms with E-state index >= 15 is 0 Å². The molecule has 0 fully saturated rings. The second kappa shape index (κ2) is 8.21. The molecular weight excluding hydrogens is 266 g/mol. The van der Waals surface area contributed by atoms with Gasteiger partial charge in [0.15, 0.2) is 0 Å². The zero-order valence-corrected chi connectivity index (χ0v) is 12.3. The predicted octanol–water partition coefficient (Wildman–Crippen LogP) is 1.97. The number of hydrogen-bond acceptors (Lipinski definition) is 4. The fourth-order valence-electron chi connectivity index (χ4n) is 2.01. The van der Waals surface area contributed by atoms with Crippen LogP contribution in [0.3, 0.4) is 0 Å². The van der Waals surface area contributed by atoms with Gasteiger partial charge in [0.2, 0.25) is 0 Å². The van der Waals surface area contributed by atoms with Gasteiger partial charge in [-0.1, -0.05) is 30.3 Å². The number of carbonyl (C=O) groups is 1. The van der Waals surface area contributed by atoms with E-state index in [2.05, 4.69) is 22.5 Å². The van der Waals surface area contributed by atoms with Crippen LogP contribution in [0.1, 0.15) is 24.5 Å². The Hall–Kier alpha value is -2.14. The summed E-state index contributed by atoms with van der Waals surface area (Å²) >= 11 is 0. The molecule has 112 valence electrons. The van der Waals surface area contributed by atoms with Crippen molar-refractivity contribution in [2.24, 2.45) is 0 Å². The van der Waals surface area contributed by atoms with Gasteiger partial charge >= 0.3 is 5.97 Å². The largest absolute Gasteiger partial charge is 0.466 e. The Morgan fingerprint density at radius 3 is 2.86 bits per heavy atom. The van der Waals surface area contributed by atoms with Crippen LogP contribution >= 0.6 is 0 Å². The van der Waals surface area contributed by atoms with Crippen molar-refractivity contribution < 1.29 is 9.53 Å². The van der Waals surface area contributed by atoms with E-state index in [4.69, 9.17) is 4.74 Å². The van der Waals surface area contributed by atoms with E-state index in [0.29, 0.717) is 26.1 Å². The topological polar surface area (TPSA) is 56.1 Å². The van der Waals surface area contributed by atoms with Crippen molar-refractivity contribution in [1.82, 2.24) is 15.1 Å². The lowest BCUT2D eigenvalue weighted by Gasteiger charge is -2.03. The smallest absolute Gasteiger partial charge is 0.307 e. The lowest BCUT2D eigenvalue weighted by Crippen LogP contribution is -2.18. The zero-order chi connectivity index (χ0) is 14.9. The van der Waals surface area contributed by atoms with Crippen molar-refractivity contribution in [1.29, 1.82) is 0 Å². The van der Waals surface area contributed by atoms with Gasteiger partial charge in [0.1, 0.15) is 0 Å². The first-order chi connectivity index (χ1) is 10.3. The summed E-state index contributed by atoms with van der Waals surface area (Å²) in [5.74, 6) is -0.162. The van der Waals surface area contributed by atoms with Gasteiger partial charge in [0.25, 0.3) is 0 Å². The average Bonchev–Trinajstić information content (AvgIpc) is 2.92. The SMILES string of the molecule is CCOC(=O)CCNCc1cnn(Cc2ccccc2)c1. The summed E-state index contributed by atoms with van der Waals surface area (Å²) in [6, 6.07) is 10.2. The van der Waals surface area contributed by atoms with Crippen LogP contribution in [0.4, 0.5) is 0 Å². The molecule has 0 aliphatic heterocycles. The molecule has 5 heteroatoms. The number of rotatable bonds is 8. The highest BCUT2D eigenvalue weighted by Crippen LogP contribution is 2.03. The summed E-state index contributed by atoms with van der Waals surface area (Å²) in [5, 5.41) is 7.55. The molecule has 1 aromatic heterocycles. The van der Waals surface area contributed by atoms with Crippen molar-refractivity contribution in [3.63, 3.8) is 0 Å². The molecule has 0 amide bonds. The molecule has 0 unspecified atom stereocenters. The van der Waals surface area contributed by atoms with Gasteiger partial charge in [-0.25, -0.2) is 0 Å². The second-order valence-corrected chi connectivity index (χ2v) is 4.76. The first kappa shape index (κ1) is 15.3. The minimum absolute atomic E-state index is 0.162. The lowest BCUT2D eigenvalue weighted by atomic mass is 10.2. The molecule has 1 N–H and O–H groups in total. The fourth-order valence-corrected chi connectivity index (χ4v) is 2.01. The van der Waals surface area contributed by atoms with E-state index in [0.717, 1.165) is 12.1 Å². The van der Waals surface area contributed by atoms with Crippen LogP contribution in [0.2, 0.25) is 0 Å². The minimum atomic E-state index is -0.162. The Morgan fingerprint density at radius 2 is 2.10 bits per heavy atom. The zero-order valence-electron chi connectivity index (χ0n) is 12.3. The summed E-state index contributed by atoms with van der Waals surface area (Å²) in [5.41, 5.74) is 2.33. The maximum Gasteiger partial charge on any atom is 0.307 e. The molecule has 0 aliphatic carbocycles. The van der Waals surface area contributed by atoms with E-state index in [1.54, 1.807) is 0 Å². The number of benzene rings is 1. The maximum atomic E-state index is 11.2. The van der Waals surface area contributed by atoms with Crippen molar-refractivity contribution in [3.05, 3.63) is 53.9 Å². The van der Waals surface area contributed by atoms with E-state index in [-0.39, 0.29) is 5.97 Å². The second-order valence-electron chi connectivity index (χ2n) is 4.76. The molecule has 1 heterocycles. The van der Waals surface area contributed by atoms with Crippen LogP contribution in [0.25, 0.3) is 0 Å². The van der Waals surface area contributed by atoms with Gasteiger partial charge in [0.05, 0.1) is 25.8 Å². The van der Waals surface area contributed by atoms with E-state index in [9.17, 15) is 4.79 Å². The normalized spacial score (nSPS) is 10.5. The van der Waals surface area contributed by atoms with Crippen LogP contribution < -0.4 is 5.32 Å². The van der Waals surface area contributed by atoms with Crippen molar-refractivity contribution >= 4 is 5.97 Å². The number of hydrogen-bond donors (Lipinski definition) is 1. The van der Waals surface area contributed by atoms with Gasteiger partial charge in [-0.15, -0.1) is 0 Å². The molecule has 0 radical (unpaired) electrons. The molecule has 0 bridgehead atoms.